The number of likely N-dealkylation sites (tertiary alicyclic amines) is 1. The van der Waals surface area contributed by atoms with E-state index in [9.17, 15) is 9.59 Å². The second kappa shape index (κ2) is 11.6. The van der Waals surface area contributed by atoms with Gasteiger partial charge in [-0.15, -0.1) is 0 Å². The molecule has 2 aliphatic rings. The molecule has 184 valence electrons. The molecule has 1 aliphatic carbocycles. The minimum atomic E-state index is -0.665. The Hall–Kier alpha value is -1.75. The molecule has 1 heterocycles. The number of carbonyl (C=O) groups is 2. The molecule has 2 unspecified atom stereocenters. The van der Waals surface area contributed by atoms with Gasteiger partial charge < -0.3 is 15.0 Å². The zero-order valence-corrected chi connectivity index (χ0v) is 21.5. The molecule has 1 aromatic rings. The van der Waals surface area contributed by atoms with Crippen LogP contribution in [0.4, 0.5) is 4.79 Å². The molecule has 1 N–H and O–H groups in total. The maximum Gasteiger partial charge on any atom is 0.408 e. The fraction of sp³-hybridized carbons (Fsp3) is 0.704. The summed E-state index contributed by atoms with van der Waals surface area (Å²) in [6.45, 7) is 8.42. The van der Waals surface area contributed by atoms with Crippen molar-refractivity contribution in [1.29, 1.82) is 0 Å². The van der Waals surface area contributed by atoms with Crippen molar-refractivity contribution in [3.8, 4) is 0 Å². The first-order valence-corrected chi connectivity index (χ1v) is 13.1. The van der Waals surface area contributed by atoms with Gasteiger partial charge in [-0.2, -0.15) is 0 Å². The topological polar surface area (TPSA) is 58.6 Å². The summed E-state index contributed by atoms with van der Waals surface area (Å²) in [6, 6.07) is 7.01. The first-order valence-electron chi connectivity index (χ1n) is 12.7. The normalized spacial score (nSPS) is 23.1. The Morgan fingerprint density at radius 3 is 2.36 bits per heavy atom. The van der Waals surface area contributed by atoms with Crippen LogP contribution in [0.3, 0.4) is 0 Å². The van der Waals surface area contributed by atoms with Gasteiger partial charge in [-0.3, -0.25) is 4.79 Å². The van der Waals surface area contributed by atoms with Crippen LogP contribution in [0.15, 0.2) is 24.3 Å². The van der Waals surface area contributed by atoms with Crippen LogP contribution in [-0.4, -0.2) is 41.1 Å². The zero-order valence-electron chi connectivity index (χ0n) is 20.7. The van der Waals surface area contributed by atoms with E-state index in [2.05, 4.69) is 12.2 Å². The largest absolute Gasteiger partial charge is 0.444 e. The number of amides is 2. The summed E-state index contributed by atoms with van der Waals surface area (Å²) in [7, 11) is 0. The van der Waals surface area contributed by atoms with Crippen LogP contribution in [0.25, 0.3) is 0 Å². The van der Waals surface area contributed by atoms with Crippen molar-refractivity contribution >= 4 is 23.6 Å². The summed E-state index contributed by atoms with van der Waals surface area (Å²) in [6.07, 6.45) is 9.69. The number of piperidine rings is 1. The van der Waals surface area contributed by atoms with E-state index in [1.165, 1.54) is 32.1 Å². The lowest BCUT2D eigenvalue weighted by atomic mass is 9.73. The van der Waals surface area contributed by atoms with E-state index >= 15 is 0 Å². The lowest BCUT2D eigenvalue weighted by molar-refractivity contribution is -0.138. The van der Waals surface area contributed by atoms with Crippen LogP contribution in [-0.2, 0) is 16.0 Å². The number of hydrogen-bond donors (Lipinski definition) is 1. The molecule has 3 rings (SSSR count). The van der Waals surface area contributed by atoms with Gasteiger partial charge in [0.2, 0.25) is 5.91 Å². The maximum absolute atomic E-state index is 13.8. The summed E-state index contributed by atoms with van der Waals surface area (Å²) < 4.78 is 5.47. The molecule has 1 aromatic carbocycles. The number of hydrogen-bond acceptors (Lipinski definition) is 3. The van der Waals surface area contributed by atoms with E-state index in [0.717, 1.165) is 37.3 Å². The Morgan fingerprint density at radius 1 is 1.09 bits per heavy atom. The van der Waals surface area contributed by atoms with E-state index in [-0.39, 0.29) is 11.9 Å². The van der Waals surface area contributed by atoms with Crippen molar-refractivity contribution < 1.29 is 14.3 Å². The SMILES string of the molecule is CCC1CC(C2CCCCC2)CCN1C(=O)[C@@H](Cc1ccc(Cl)cc1)NC(=O)OC(C)(C)C. The minimum Gasteiger partial charge on any atom is -0.444 e. The molecule has 5 nitrogen and oxygen atoms in total. The summed E-state index contributed by atoms with van der Waals surface area (Å²) in [5.74, 6) is 1.52. The molecule has 0 radical (unpaired) electrons. The molecule has 1 saturated carbocycles. The third kappa shape index (κ3) is 7.63. The van der Waals surface area contributed by atoms with Crippen molar-refractivity contribution in [2.45, 2.75) is 103 Å². The third-order valence-corrected chi connectivity index (χ3v) is 7.42. The van der Waals surface area contributed by atoms with E-state index < -0.39 is 17.7 Å². The first kappa shape index (κ1) is 25.9. The standard InChI is InChI=1S/C27H41ClN2O3/c1-5-23-18-21(20-9-7-6-8-10-20)15-16-30(23)25(31)24(29-26(32)33-27(2,3)4)17-19-11-13-22(28)14-12-19/h11-14,20-21,23-24H,5-10,15-18H2,1-4H3,(H,29,32)/t21?,23?,24-/m1/s1. The lowest BCUT2D eigenvalue weighted by Gasteiger charge is -2.44. The van der Waals surface area contributed by atoms with Crippen LogP contribution < -0.4 is 5.32 Å². The van der Waals surface area contributed by atoms with E-state index in [1.54, 1.807) is 0 Å². The predicted molar refractivity (Wildman–Crippen MR) is 133 cm³/mol. The number of halogens is 1. The highest BCUT2D eigenvalue weighted by Crippen LogP contribution is 2.38. The van der Waals surface area contributed by atoms with E-state index in [0.29, 0.717) is 17.4 Å². The summed E-state index contributed by atoms with van der Waals surface area (Å²) in [5, 5.41) is 3.52. The Labute approximate surface area is 204 Å². The number of nitrogens with zero attached hydrogens (tertiary/aromatic N) is 1. The Kier molecular flexibility index (Phi) is 9.09. The van der Waals surface area contributed by atoms with Crippen molar-refractivity contribution in [1.82, 2.24) is 10.2 Å². The fourth-order valence-electron chi connectivity index (χ4n) is 5.50. The minimum absolute atomic E-state index is 0.00949. The number of rotatable bonds is 6. The van der Waals surface area contributed by atoms with Crippen molar-refractivity contribution in [2.75, 3.05) is 6.54 Å². The molecule has 0 spiro atoms. The summed E-state index contributed by atoms with van der Waals surface area (Å²) in [4.78, 5) is 28.4. The van der Waals surface area contributed by atoms with Gasteiger partial charge in [0.25, 0.3) is 0 Å². The van der Waals surface area contributed by atoms with Crippen LogP contribution in [0, 0.1) is 11.8 Å². The highest BCUT2D eigenvalue weighted by atomic mass is 35.5. The number of benzene rings is 1. The van der Waals surface area contributed by atoms with Crippen LogP contribution >= 0.6 is 11.6 Å². The van der Waals surface area contributed by atoms with Gasteiger partial charge in [0, 0.05) is 24.0 Å². The molecule has 2 amide bonds. The molecule has 1 saturated heterocycles. The highest BCUT2D eigenvalue weighted by molar-refractivity contribution is 6.30. The average Bonchev–Trinajstić information content (AvgIpc) is 2.78. The molecule has 6 heteroatoms. The van der Waals surface area contributed by atoms with Gasteiger partial charge >= 0.3 is 6.09 Å². The van der Waals surface area contributed by atoms with Gasteiger partial charge in [-0.25, -0.2) is 4.79 Å². The first-order chi connectivity index (χ1) is 15.7. The van der Waals surface area contributed by atoms with Gasteiger partial charge in [0.1, 0.15) is 11.6 Å². The summed E-state index contributed by atoms with van der Waals surface area (Å²) in [5.41, 5.74) is 0.335. The molecule has 3 atom stereocenters. The van der Waals surface area contributed by atoms with Gasteiger partial charge in [0.15, 0.2) is 0 Å². The molecule has 33 heavy (non-hydrogen) atoms. The van der Waals surface area contributed by atoms with E-state index in [4.69, 9.17) is 16.3 Å². The van der Waals surface area contributed by atoms with Gasteiger partial charge in [-0.1, -0.05) is 62.8 Å². The van der Waals surface area contributed by atoms with E-state index in [1.807, 2.05) is 49.9 Å². The number of nitrogens with one attached hydrogen (secondary N) is 1. The van der Waals surface area contributed by atoms with Crippen LogP contribution in [0.5, 0.6) is 0 Å². The zero-order chi connectivity index (χ0) is 24.0. The Bertz CT molecular complexity index is 784. The predicted octanol–water partition coefficient (Wildman–Crippen LogP) is 6.37. The summed E-state index contributed by atoms with van der Waals surface area (Å²) >= 11 is 6.04. The number of carbonyl (C=O) groups excluding carboxylic acids is 2. The van der Waals surface area contributed by atoms with Crippen molar-refractivity contribution in [2.24, 2.45) is 11.8 Å². The molecule has 0 bridgehead atoms. The maximum atomic E-state index is 13.8. The average molecular weight is 477 g/mol. The van der Waals surface area contributed by atoms with Crippen molar-refractivity contribution in [3.05, 3.63) is 34.9 Å². The molecule has 1 aliphatic heterocycles. The monoisotopic (exact) mass is 476 g/mol. The fourth-order valence-corrected chi connectivity index (χ4v) is 5.63. The smallest absolute Gasteiger partial charge is 0.408 e. The van der Waals surface area contributed by atoms with Crippen molar-refractivity contribution in [3.63, 3.8) is 0 Å². The Morgan fingerprint density at radius 2 is 1.76 bits per heavy atom. The molecular weight excluding hydrogens is 436 g/mol. The third-order valence-electron chi connectivity index (χ3n) is 7.17. The number of alkyl carbamates (subject to hydrolysis) is 1. The second-order valence-electron chi connectivity index (χ2n) is 10.8. The molecule has 0 aromatic heterocycles. The molecule has 2 fully saturated rings. The number of ether oxygens (including phenoxy) is 1. The lowest BCUT2D eigenvalue weighted by Crippen LogP contribution is -2.56. The second-order valence-corrected chi connectivity index (χ2v) is 11.2. The molecular formula is C27H41ClN2O3. The van der Waals surface area contributed by atoms with Gasteiger partial charge in [0.05, 0.1) is 0 Å². The van der Waals surface area contributed by atoms with Gasteiger partial charge in [-0.05, 0) is 69.6 Å². The quantitative estimate of drug-likeness (QED) is 0.518. The highest BCUT2D eigenvalue weighted by Gasteiger charge is 2.37. The Balaban J connectivity index is 1.72. The van der Waals surface area contributed by atoms with Crippen LogP contribution in [0.1, 0.15) is 84.6 Å². The van der Waals surface area contributed by atoms with Crippen LogP contribution in [0.2, 0.25) is 5.02 Å².